The van der Waals surface area contributed by atoms with Gasteiger partial charge in [-0.25, -0.2) is 4.98 Å². The first kappa shape index (κ1) is 13.6. The number of hydrogen-bond donors (Lipinski definition) is 0. The van der Waals surface area contributed by atoms with E-state index in [2.05, 4.69) is 39.9 Å². The quantitative estimate of drug-likeness (QED) is 0.796. The van der Waals surface area contributed by atoms with E-state index < -0.39 is 0 Å². The standard InChI is InChI=1S/C15H19ClN4/c1-19(2)11-7-9-20(10-8-11)14-12-5-3-4-6-13(12)17-15(16)18-14/h3-6,11H,7-10H2,1-2H3. The second-order valence-electron chi connectivity index (χ2n) is 5.52. The summed E-state index contributed by atoms with van der Waals surface area (Å²) in [7, 11) is 4.30. The second-order valence-corrected chi connectivity index (χ2v) is 5.85. The van der Waals surface area contributed by atoms with Crippen molar-refractivity contribution in [2.75, 3.05) is 32.1 Å². The molecular formula is C15H19ClN4. The van der Waals surface area contributed by atoms with E-state index in [9.17, 15) is 0 Å². The molecule has 2 heterocycles. The Morgan fingerprint density at radius 1 is 1.15 bits per heavy atom. The van der Waals surface area contributed by atoms with Gasteiger partial charge in [-0.15, -0.1) is 0 Å². The predicted octanol–water partition coefficient (Wildman–Crippen LogP) is 2.81. The fourth-order valence-corrected chi connectivity index (χ4v) is 3.04. The van der Waals surface area contributed by atoms with Crippen LogP contribution in [0.3, 0.4) is 0 Å². The Hall–Kier alpha value is -1.39. The molecule has 1 aliphatic rings. The van der Waals surface area contributed by atoms with Crippen molar-refractivity contribution in [1.82, 2.24) is 14.9 Å². The lowest BCUT2D eigenvalue weighted by molar-refractivity contribution is 0.249. The molecule has 0 atom stereocenters. The first-order chi connectivity index (χ1) is 9.65. The molecule has 4 nitrogen and oxygen atoms in total. The maximum Gasteiger partial charge on any atom is 0.224 e. The van der Waals surface area contributed by atoms with Gasteiger partial charge in [0.2, 0.25) is 5.28 Å². The molecule has 0 aliphatic carbocycles. The Morgan fingerprint density at radius 2 is 1.85 bits per heavy atom. The summed E-state index contributed by atoms with van der Waals surface area (Å²) in [5.41, 5.74) is 0.914. The number of hydrogen-bond acceptors (Lipinski definition) is 4. The van der Waals surface area contributed by atoms with Gasteiger partial charge in [0.15, 0.2) is 0 Å². The van der Waals surface area contributed by atoms with Gasteiger partial charge in [-0.3, -0.25) is 0 Å². The van der Waals surface area contributed by atoms with Crippen LogP contribution in [0.5, 0.6) is 0 Å². The van der Waals surface area contributed by atoms with Gasteiger partial charge in [0.1, 0.15) is 5.82 Å². The lowest BCUT2D eigenvalue weighted by atomic mass is 10.0. The highest BCUT2D eigenvalue weighted by Crippen LogP contribution is 2.28. The molecule has 0 unspecified atom stereocenters. The van der Waals surface area contributed by atoms with Gasteiger partial charge in [-0.05, 0) is 50.7 Å². The number of rotatable bonds is 2. The molecule has 5 heteroatoms. The van der Waals surface area contributed by atoms with Crippen molar-refractivity contribution in [3.63, 3.8) is 0 Å². The Bertz CT molecular complexity index is 606. The van der Waals surface area contributed by atoms with Gasteiger partial charge in [-0.2, -0.15) is 4.98 Å². The largest absolute Gasteiger partial charge is 0.356 e. The van der Waals surface area contributed by atoms with Crippen LogP contribution >= 0.6 is 11.6 Å². The summed E-state index contributed by atoms with van der Waals surface area (Å²) in [6.07, 6.45) is 2.31. The van der Waals surface area contributed by atoms with Crippen LogP contribution in [0.2, 0.25) is 5.28 Å². The van der Waals surface area contributed by atoms with Crippen molar-refractivity contribution < 1.29 is 0 Å². The fourth-order valence-electron chi connectivity index (χ4n) is 2.87. The van der Waals surface area contributed by atoms with Gasteiger partial charge in [0.05, 0.1) is 5.52 Å². The average molecular weight is 291 g/mol. The molecule has 0 saturated carbocycles. The zero-order chi connectivity index (χ0) is 14.1. The molecule has 0 amide bonds. The van der Waals surface area contributed by atoms with Crippen molar-refractivity contribution >= 4 is 28.3 Å². The van der Waals surface area contributed by atoms with Gasteiger partial charge < -0.3 is 9.80 Å². The molecule has 1 aromatic carbocycles. The average Bonchev–Trinajstić information content (AvgIpc) is 2.46. The van der Waals surface area contributed by atoms with E-state index in [4.69, 9.17) is 11.6 Å². The number of para-hydroxylation sites is 1. The Labute approximate surface area is 124 Å². The summed E-state index contributed by atoms with van der Waals surface area (Å²) in [5.74, 6) is 0.970. The summed E-state index contributed by atoms with van der Waals surface area (Å²) in [5, 5.41) is 1.41. The maximum absolute atomic E-state index is 6.07. The zero-order valence-electron chi connectivity index (χ0n) is 11.9. The highest BCUT2D eigenvalue weighted by atomic mass is 35.5. The molecule has 20 heavy (non-hydrogen) atoms. The maximum atomic E-state index is 6.07. The number of nitrogens with zero attached hydrogens (tertiary/aromatic N) is 4. The Kier molecular flexibility index (Phi) is 3.76. The number of anilines is 1. The van der Waals surface area contributed by atoms with E-state index in [0.717, 1.165) is 42.7 Å². The van der Waals surface area contributed by atoms with Gasteiger partial charge in [-0.1, -0.05) is 12.1 Å². The first-order valence-electron chi connectivity index (χ1n) is 6.99. The Balaban J connectivity index is 1.91. The van der Waals surface area contributed by atoms with Crippen molar-refractivity contribution in [1.29, 1.82) is 0 Å². The molecule has 0 N–H and O–H groups in total. The Morgan fingerprint density at radius 3 is 2.55 bits per heavy atom. The predicted molar refractivity (Wildman–Crippen MR) is 83.5 cm³/mol. The second kappa shape index (κ2) is 5.54. The summed E-state index contributed by atoms with van der Waals surface area (Å²) in [6, 6.07) is 8.72. The lowest BCUT2D eigenvalue weighted by Crippen LogP contribution is -2.42. The SMILES string of the molecule is CN(C)C1CCN(c2nc(Cl)nc3ccccc23)CC1. The van der Waals surface area contributed by atoms with Crippen molar-refractivity contribution in [3.05, 3.63) is 29.5 Å². The smallest absolute Gasteiger partial charge is 0.224 e. The highest BCUT2D eigenvalue weighted by molar-refractivity contribution is 6.28. The minimum atomic E-state index is 0.327. The number of piperidine rings is 1. The van der Waals surface area contributed by atoms with E-state index in [0.29, 0.717) is 11.3 Å². The van der Waals surface area contributed by atoms with Crippen LogP contribution in [0.15, 0.2) is 24.3 Å². The van der Waals surface area contributed by atoms with E-state index in [-0.39, 0.29) is 0 Å². The van der Waals surface area contributed by atoms with E-state index in [1.165, 1.54) is 0 Å². The third-order valence-electron chi connectivity index (χ3n) is 4.05. The summed E-state index contributed by atoms with van der Waals surface area (Å²) >= 11 is 6.07. The van der Waals surface area contributed by atoms with Crippen LogP contribution in [0.4, 0.5) is 5.82 Å². The molecule has 1 fully saturated rings. The third kappa shape index (κ3) is 2.58. The van der Waals surface area contributed by atoms with Crippen LogP contribution in [0, 0.1) is 0 Å². The minimum Gasteiger partial charge on any atom is -0.356 e. The molecule has 3 rings (SSSR count). The molecule has 0 spiro atoms. The lowest BCUT2D eigenvalue weighted by Gasteiger charge is -2.36. The molecule has 0 radical (unpaired) electrons. The van der Waals surface area contributed by atoms with Crippen molar-refractivity contribution in [2.24, 2.45) is 0 Å². The minimum absolute atomic E-state index is 0.327. The van der Waals surface area contributed by atoms with Crippen LogP contribution in [0.1, 0.15) is 12.8 Å². The van der Waals surface area contributed by atoms with Gasteiger partial charge in [0.25, 0.3) is 0 Å². The van der Waals surface area contributed by atoms with Crippen LogP contribution in [-0.2, 0) is 0 Å². The van der Waals surface area contributed by atoms with E-state index in [1.807, 2.05) is 18.2 Å². The highest BCUT2D eigenvalue weighted by Gasteiger charge is 2.23. The van der Waals surface area contributed by atoms with E-state index >= 15 is 0 Å². The van der Waals surface area contributed by atoms with Gasteiger partial charge >= 0.3 is 0 Å². The molecule has 0 bridgehead atoms. The molecule has 106 valence electrons. The van der Waals surface area contributed by atoms with Crippen molar-refractivity contribution in [2.45, 2.75) is 18.9 Å². The number of fused-ring (bicyclic) bond motifs is 1. The van der Waals surface area contributed by atoms with Gasteiger partial charge in [0, 0.05) is 24.5 Å². The topological polar surface area (TPSA) is 32.3 Å². The normalized spacial score (nSPS) is 17.1. The third-order valence-corrected chi connectivity index (χ3v) is 4.22. The van der Waals surface area contributed by atoms with E-state index in [1.54, 1.807) is 0 Å². The number of aromatic nitrogens is 2. The number of halogens is 1. The fraction of sp³-hybridized carbons (Fsp3) is 0.467. The molecule has 1 aromatic heterocycles. The van der Waals surface area contributed by atoms with Crippen LogP contribution in [0.25, 0.3) is 10.9 Å². The zero-order valence-corrected chi connectivity index (χ0v) is 12.6. The number of benzene rings is 1. The summed E-state index contributed by atoms with van der Waals surface area (Å²) in [6.45, 7) is 2.03. The summed E-state index contributed by atoms with van der Waals surface area (Å²) < 4.78 is 0. The molecular weight excluding hydrogens is 272 g/mol. The van der Waals surface area contributed by atoms with Crippen LogP contribution < -0.4 is 4.90 Å². The summed E-state index contributed by atoms with van der Waals surface area (Å²) in [4.78, 5) is 13.4. The molecule has 1 aliphatic heterocycles. The first-order valence-corrected chi connectivity index (χ1v) is 7.36. The van der Waals surface area contributed by atoms with Crippen molar-refractivity contribution in [3.8, 4) is 0 Å². The monoisotopic (exact) mass is 290 g/mol. The molecule has 1 saturated heterocycles. The molecule has 2 aromatic rings. The van der Waals surface area contributed by atoms with Crippen LogP contribution in [-0.4, -0.2) is 48.1 Å².